The molecular weight excluding hydrogens is 387 g/mol. The Morgan fingerprint density at radius 1 is 0.862 bits per heavy atom. The minimum absolute atomic E-state index is 0.0765. The minimum atomic E-state index is -4.32. The molecular formula is C23H23O5P. The Hall–Kier alpha value is -2.88. The fraction of sp³-hybridized carbons (Fsp3) is 0.174. The highest BCUT2D eigenvalue weighted by molar-refractivity contribution is 7.48. The van der Waals surface area contributed by atoms with Crippen LogP contribution in [0.3, 0.4) is 0 Å². The van der Waals surface area contributed by atoms with Crippen molar-refractivity contribution in [3.63, 3.8) is 0 Å². The Morgan fingerprint density at radius 3 is 2.07 bits per heavy atom. The molecule has 3 aromatic carbocycles. The maximum absolute atomic E-state index is 12.3. The van der Waals surface area contributed by atoms with Gasteiger partial charge in [-0.3, -0.25) is 9.69 Å². The molecule has 1 atom stereocenters. The average Bonchev–Trinajstić information content (AvgIpc) is 2.66. The van der Waals surface area contributed by atoms with Gasteiger partial charge in [0, 0.05) is 12.0 Å². The zero-order valence-electron chi connectivity index (χ0n) is 16.4. The number of phosphoric ester groups is 1. The Morgan fingerprint density at radius 2 is 1.45 bits per heavy atom. The first-order valence-electron chi connectivity index (χ1n) is 9.28. The molecule has 0 bridgehead atoms. The molecule has 0 amide bonds. The molecule has 0 saturated carbocycles. The Labute approximate surface area is 170 Å². The van der Waals surface area contributed by atoms with Crippen molar-refractivity contribution in [1.82, 2.24) is 0 Å². The summed E-state index contributed by atoms with van der Waals surface area (Å²) < 4.78 is 22.6. The van der Waals surface area contributed by atoms with Crippen molar-refractivity contribution >= 4 is 13.6 Å². The van der Waals surface area contributed by atoms with Gasteiger partial charge in [0.15, 0.2) is 5.78 Å². The van der Waals surface area contributed by atoms with Crippen molar-refractivity contribution in [2.24, 2.45) is 0 Å². The minimum Gasteiger partial charge on any atom is -0.395 e. The van der Waals surface area contributed by atoms with Crippen LogP contribution in [0, 0.1) is 13.8 Å². The summed E-state index contributed by atoms with van der Waals surface area (Å²) in [6.07, 6.45) is 0.961. The molecule has 3 rings (SSSR count). The predicted molar refractivity (Wildman–Crippen MR) is 113 cm³/mol. The monoisotopic (exact) mass is 410 g/mol. The van der Waals surface area contributed by atoms with E-state index in [0.29, 0.717) is 18.4 Å². The van der Waals surface area contributed by atoms with Crippen molar-refractivity contribution in [3.05, 3.63) is 95.1 Å². The largest absolute Gasteiger partial charge is 0.584 e. The van der Waals surface area contributed by atoms with Crippen LogP contribution in [0.1, 0.15) is 33.5 Å². The third-order valence-electron chi connectivity index (χ3n) is 4.30. The average molecular weight is 410 g/mol. The summed E-state index contributed by atoms with van der Waals surface area (Å²) in [6, 6.07) is 21.2. The Balaban J connectivity index is 1.58. The van der Waals surface area contributed by atoms with Gasteiger partial charge in [-0.25, -0.2) is 4.57 Å². The van der Waals surface area contributed by atoms with Crippen LogP contribution in [0.2, 0.25) is 0 Å². The standard InChI is InChI=1S/C23H23O5P/c1-17-14-18(2)16-22(15-17)28-29(25,26)27-21-11-8-19(9-12-21)10-13-23(24)20-6-4-3-5-7-20/h3-9,11-12,14-16H,10,13H2,1-2H3,(H,25,26). The molecule has 0 heterocycles. The third kappa shape index (κ3) is 6.31. The van der Waals surface area contributed by atoms with Crippen LogP contribution in [0.5, 0.6) is 11.5 Å². The first-order valence-corrected chi connectivity index (χ1v) is 10.8. The molecule has 150 valence electrons. The lowest BCUT2D eigenvalue weighted by atomic mass is 10.0. The first kappa shape index (κ1) is 20.8. The summed E-state index contributed by atoms with van der Waals surface area (Å²) in [5.74, 6) is 0.579. The molecule has 0 aliphatic rings. The summed E-state index contributed by atoms with van der Waals surface area (Å²) in [7, 11) is -4.32. The van der Waals surface area contributed by atoms with E-state index >= 15 is 0 Å². The first-order chi connectivity index (χ1) is 13.8. The van der Waals surface area contributed by atoms with E-state index in [1.807, 2.05) is 38.1 Å². The van der Waals surface area contributed by atoms with Gasteiger partial charge < -0.3 is 9.05 Å². The number of benzene rings is 3. The van der Waals surface area contributed by atoms with Gasteiger partial charge >= 0.3 is 7.82 Å². The lowest BCUT2D eigenvalue weighted by Crippen LogP contribution is -2.02. The number of aryl methyl sites for hydroxylation is 3. The second-order valence-corrected chi connectivity index (χ2v) is 8.21. The second kappa shape index (κ2) is 9.08. The highest BCUT2D eigenvalue weighted by Gasteiger charge is 2.25. The maximum atomic E-state index is 12.3. The molecule has 0 radical (unpaired) electrons. The molecule has 1 N–H and O–H groups in total. The molecule has 0 aliphatic carbocycles. The van der Waals surface area contributed by atoms with Crippen LogP contribution in [-0.4, -0.2) is 10.7 Å². The number of ketones is 1. The highest BCUT2D eigenvalue weighted by Crippen LogP contribution is 2.44. The quantitative estimate of drug-likeness (QED) is 0.382. The van der Waals surface area contributed by atoms with Crippen LogP contribution in [0.4, 0.5) is 0 Å². The Bertz CT molecular complexity index is 1010. The summed E-state index contributed by atoms with van der Waals surface area (Å²) in [6.45, 7) is 3.76. The van der Waals surface area contributed by atoms with Crippen molar-refractivity contribution in [2.75, 3.05) is 0 Å². The number of hydrogen-bond donors (Lipinski definition) is 1. The second-order valence-electron chi connectivity index (χ2n) is 6.91. The zero-order valence-corrected chi connectivity index (χ0v) is 17.3. The number of phosphoric acid groups is 1. The topological polar surface area (TPSA) is 72.8 Å². The normalized spacial score (nSPS) is 12.8. The van der Waals surface area contributed by atoms with Crippen LogP contribution in [-0.2, 0) is 11.0 Å². The van der Waals surface area contributed by atoms with E-state index in [0.717, 1.165) is 16.7 Å². The van der Waals surface area contributed by atoms with Crippen molar-refractivity contribution in [2.45, 2.75) is 26.7 Å². The fourth-order valence-corrected chi connectivity index (χ4v) is 3.81. The van der Waals surface area contributed by atoms with Crippen molar-refractivity contribution < 1.29 is 23.3 Å². The van der Waals surface area contributed by atoms with E-state index in [-0.39, 0.29) is 17.3 Å². The van der Waals surface area contributed by atoms with Crippen LogP contribution in [0.25, 0.3) is 0 Å². The predicted octanol–water partition coefficient (Wildman–Crippen LogP) is 5.68. The van der Waals surface area contributed by atoms with Crippen molar-refractivity contribution in [3.8, 4) is 11.5 Å². The third-order valence-corrected chi connectivity index (χ3v) is 5.18. The summed E-state index contributed by atoms with van der Waals surface area (Å²) in [5, 5.41) is 0. The molecule has 5 nitrogen and oxygen atoms in total. The van der Waals surface area contributed by atoms with Gasteiger partial charge in [0.2, 0.25) is 0 Å². The zero-order chi connectivity index (χ0) is 20.9. The summed E-state index contributed by atoms with van der Waals surface area (Å²) in [5.41, 5.74) is 3.48. The van der Waals surface area contributed by atoms with Gasteiger partial charge in [0.25, 0.3) is 0 Å². The Kier molecular flexibility index (Phi) is 6.53. The van der Waals surface area contributed by atoms with E-state index in [1.165, 1.54) is 0 Å². The van der Waals surface area contributed by atoms with Gasteiger partial charge in [-0.15, -0.1) is 0 Å². The molecule has 0 spiro atoms. The van der Waals surface area contributed by atoms with Gasteiger partial charge in [0.1, 0.15) is 11.5 Å². The van der Waals surface area contributed by atoms with Crippen LogP contribution >= 0.6 is 7.82 Å². The molecule has 29 heavy (non-hydrogen) atoms. The highest BCUT2D eigenvalue weighted by atomic mass is 31.2. The van der Waals surface area contributed by atoms with Crippen LogP contribution in [0.15, 0.2) is 72.8 Å². The molecule has 3 aromatic rings. The molecule has 0 saturated heterocycles. The molecule has 0 aliphatic heterocycles. The molecule has 6 heteroatoms. The number of Topliss-reactive ketones (excluding diaryl/α,β-unsaturated/α-hetero) is 1. The van der Waals surface area contributed by atoms with Gasteiger partial charge in [0.05, 0.1) is 0 Å². The number of carbonyl (C=O) groups is 1. The van der Waals surface area contributed by atoms with Gasteiger partial charge in [-0.1, -0.05) is 48.5 Å². The number of rotatable bonds is 8. The van der Waals surface area contributed by atoms with Gasteiger partial charge in [-0.2, -0.15) is 0 Å². The molecule has 1 unspecified atom stereocenters. The smallest absolute Gasteiger partial charge is 0.395 e. The lowest BCUT2D eigenvalue weighted by Gasteiger charge is -2.15. The number of hydrogen-bond acceptors (Lipinski definition) is 4. The SMILES string of the molecule is Cc1cc(C)cc(OP(=O)(O)Oc2ccc(CCC(=O)c3ccccc3)cc2)c1. The lowest BCUT2D eigenvalue weighted by molar-refractivity contribution is 0.0983. The fourth-order valence-electron chi connectivity index (χ4n) is 3.01. The summed E-state index contributed by atoms with van der Waals surface area (Å²) in [4.78, 5) is 22.2. The van der Waals surface area contributed by atoms with E-state index < -0.39 is 7.82 Å². The van der Waals surface area contributed by atoms with E-state index in [9.17, 15) is 14.3 Å². The van der Waals surface area contributed by atoms with E-state index in [2.05, 4.69) is 0 Å². The molecule has 0 fully saturated rings. The molecule has 0 aromatic heterocycles. The summed E-state index contributed by atoms with van der Waals surface area (Å²) >= 11 is 0. The maximum Gasteiger partial charge on any atom is 0.584 e. The van der Waals surface area contributed by atoms with Crippen molar-refractivity contribution in [1.29, 1.82) is 0 Å². The van der Waals surface area contributed by atoms with Crippen LogP contribution < -0.4 is 9.05 Å². The van der Waals surface area contributed by atoms with E-state index in [4.69, 9.17) is 9.05 Å². The van der Waals surface area contributed by atoms with Gasteiger partial charge in [-0.05, 0) is 61.2 Å². The van der Waals surface area contributed by atoms with E-state index in [1.54, 1.807) is 48.5 Å². The number of carbonyl (C=O) groups excluding carboxylic acids is 1.